The van der Waals surface area contributed by atoms with E-state index in [1.54, 1.807) is 13.8 Å². The zero-order valence-corrected chi connectivity index (χ0v) is 11.6. The molecule has 6 heteroatoms. The molecule has 112 valence electrons. The number of benzene rings is 1. The van der Waals surface area contributed by atoms with E-state index in [1.807, 2.05) is 0 Å². The highest BCUT2D eigenvalue weighted by Gasteiger charge is 2.39. The Morgan fingerprint density at radius 2 is 1.70 bits per heavy atom. The maximum atomic E-state index is 12.5. The van der Waals surface area contributed by atoms with Crippen LogP contribution in [0.15, 0.2) is 24.3 Å². The predicted molar refractivity (Wildman–Crippen MR) is 67.8 cm³/mol. The summed E-state index contributed by atoms with van der Waals surface area (Å²) in [7, 11) is 1.37. The second-order valence-electron chi connectivity index (χ2n) is 4.28. The Morgan fingerprint density at radius 3 is 2.15 bits per heavy atom. The van der Waals surface area contributed by atoms with Crippen LogP contribution in [0.5, 0.6) is 5.75 Å². The van der Waals surface area contributed by atoms with Crippen LogP contribution >= 0.6 is 0 Å². The lowest BCUT2D eigenvalue weighted by Gasteiger charge is -2.29. The van der Waals surface area contributed by atoms with Crippen molar-refractivity contribution in [2.45, 2.75) is 38.7 Å². The summed E-state index contributed by atoms with van der Waals surface area (Å²) in [5.74, 6) is -1.02. The molecule has 0 atom stereocenters. The third-order valence-corrected chi connectivity index (χ3v) is 3.30. The van der Waals surface area contributed by atoms with Gasteiger partial charge in [-0.2, -0.15) is 0 Å². The van der Waals surface area contributed by atoms with Crippen molar-refractivity contribution in [3.8, 4) is 5.75 Å². The van der Waals surface area contributed by atoms with E-state index in [1.165, 1.54) is 25.3 Å². The van der Waals surface area contributed by atoms with E-state index in [0.717, 1.165) is 6.07 Å². The third-order valence-electron chi connectivity index (χ3n) is 3.30. The third kappa shape index (κ3) is 3.50. The molecule has 0 aliphatic heterocycles. The molecule has 0 aliphatic rings. The topological polar surface area (TPSA) is 35.5 Å². The number of hydrogen-bond donors (Lipinski definition) is 0. The number of hydrogen-bond acceptors (Lipinski definition) is 3. The first kappa shape index (κ1) is 16.5. The molecule has 0 heterocycles. The van der Waals surface area contributed by atoms with Gasteiger partial charge in [-0.1, -0.05) is 26.0 Å². The highest BCUT2D eigenvalue weighted by Crippen LogP contribution is 2.32. The van der Waals surface area contributed by atoms with Crippen LogP contribution in [-0.2, 0) is 4.74 Å². The minimum absolute atomic E-state index is 0.129. The lowest BCUT2D eigenvalue weighted by Crippen LogP contribution is -2.40. The zero-order chi connectivity index (χ0) is 15.4. The van der Waals surface area contributed by atoms with Crippen LogP contribution in [-0.4, -0.2) is 24.9 Å². The van der Waals surface area contributed by atoms with Gasteiger partial charge in [-0.15, -0.1) is 13.2 Å². The highest BCUT2D eigenvalue weighted by atomic mass is 19.4. The van der Waals surface area contributed by atoms with Crippen molar-refractivity contribution in [1.82, 2.24) is 0 Å². The lowest BCUT2D eigenvalue weighted by molar-refractivity contribution is -0.274. The van der Waals surface area contributed by atoms with Gasteiger partial charge in [-0.3, -0.25) is 4.79 Å². The molecular weight excluding hydrogens is 273 g/mol. The second kappa shape index (κ2) is 6.26. The van der Waals surface area contributed by atoms with Crippen molar-refractivity contribution in [2.75, 3.05) is 7.11 Å². The van der Waals surface area contributed by atoms with Gasteiger partial charge < -0.3 is 9.47 Å². The molecule has 3 nitrogen and oxygen atoms in total. The zero-order valence-electron chi connectivity index (χ0n) is 11.6. The minimum Gasteiger partial charge on any atom is -0.405 e. The van der Waals surface area contributed by atoms with Crippen LogP contribution < -0.4 is 4.74 Å². The largest absolute Gasteiger partial charge is 0.573 e. The number of ketones is 1. The molecule has 0 spiro atoms. The quantitative estimate of drug-likeness (QED) is 0.744. The molecule has 0 N–H and O–H groups in total. The average molecular weight is 290 g/mol. The number of methoxy groups -OCH3 is 1. The molecule has 0 saturated heterocycles. The van der Waals surface area contributed by atoms with Gasteiger partial charge in [0.05, 0.1) is 5.56 Å². The smallest absolute Gasteiger partial charge is 0.405 e. The maximum absolute atomic E-state index is 12.5. The van der Waals surface area contributed by atoms with E-state index in [0.29, 0.717) is 12.8 Å². The molecule has 0 aliphatic carbocycles. The number of ether oxygens (including phenoxy) is 2. The molecule has 1 rings (SSSR count). The van der Waals surface area contributed by atoms with E-state index in [-0.39, 0.29) is 5.56 Å². The van der Waals surface area contributed by atoms with Gasteiger partial charge in [0.25, 0.3) is 0 Å². The number of halogens is 3. The van der Waals surface area contributed by atoms with Gasteiger partial charge in [0.2, 0.25) is 0 Å². The molecular formula is C14H17F3O3. The Hall–Kier alpha value is -1.56. The molecule has 0 radical (unpaired) electrons. The Labute approximate surface area is 115 Å². The number of rotatable bonds is 6. The number of para-hydroxylation sites is 1. The summed E-state index contributed by atoms with van der Waals surface area (Å²) in [5.41, 5.74) is -1.26. The van der Waals surface area contributed by atoms with Crippen molar-refractivity contribution in [3.63, 3.8) is 0 Å². The molecule has 0 fully saturated rings. The first-order valence-electron chi connectivity index (χ1n) is 6.24. The summed E-state index contributed by atoms with van der Waals surface area (Å²) in [4.78, 5) is 12.5. The summed E-state index contributed by atoms with van der Waals surface area (Å²) in [6, 6.07) is 5.29. The Kier molecular flexibility index (Phi) is 5.16. The fourth-order valence-corrected chi connectivity index (χ4v) is 2.07. The normalized spacial score (nSPS) is 12.3. The van der Waals surface area contributed by atoms with Crippen molar-refractivity contribution in [1.29, 1.82) is 0 Å². The van der Waals surface area contributed by atoms with Crippen molar-refractivity contribution in [3.05, 3.63) is 29.8 Å². The van der Waals surface area contributed by atoms with E-state index >= 15 is 0 Å². The van der Waals surface area contributed by atoms with Crippen molar-refractivity contribution in [2.24, 2.45) is 0 Å². The summed E-state index contributed by atoms with van der Waals surface area (Å²) >= 11 is 0. The summed E-state index contributed by atoms with van der Waals surface area (Å²) in [6.45, 7) is 3.50. The highest BCUT2D eigenvalue weighted by molar-refractivity contribution is 6.04. The molecule has 1 aromatic rings. The van der Waals surface area contributed by atoms with Crippen LogP contribution in [0.2, 0.25) is 0 Å². The fourth-order valence-electron chi connectivity index (χ4n) is 2.07. The first-order chi connectivity index (χ1) is 9.29. The van der Waals surface area contributed by atoms with E-state index in [4.69, 9.17) is 4.74 Å². The molecule has 0 aromatic heterocycles. The van der Waals surface area contributed by atoms with Crippen LogP contribution in [0.25, 0.3) is 0 Å². The number of alkyl halides is 3. The molecule has 0 amide bonds. The van der Waals surface area contributed by atoms with Crippen LogP contribution in [0.4, 0.5) is 13.2 Å². The van der Waals surface area contributed by atoms with Gasteiger partial charge >= 0.3 is 6.36 Å². The molecule has 0 saturated carbocycles. The van der Waals surface area contributed by atoms with Crippen LogP contribution in [0.1, 0.15) is 37.0 Å². The minimum atomic E-state index is -4.84. The Balaban J connectivity index is 3.22. The van der Waals surface area contributed by atoms with E-state index < -0.39 is 23.5 Å². The Bertz CT molecular complexity index is 457. The lowest BCUT2D eigenvalue weighted by atomic mass is 9.87. The monoisotopic (exact) mass is 290 g/mol. The molecule has 20 heavy (non-hydrogen) atoms. The fraction of sp³-hybridized carbons (Fsp3) is 0.500. The standard InChI is InChI=1S/C14H17F3O3/c1-4-13(5-2,19-3)12(18)10-8-6-7-9-11(10)20-14(15,16)17/h6-9H,4-5H2,1-3H3. The maximum Gasteiger partial charge on any atom is 0.573 e. The van der Waals surface area contributed by atoms with Gasteiger partial charge in [-0.25, -0.2) is 0 Å². The predicted octanol–water partition coefficient (Wildman–Crippen LogP) is 3.97. The van der Waals surface area contributed by atoms with Crippen molar-refractivity contribution >= 4 is 5.78 Å². The summed E-state index contributed by atoms with van der Waals surface area (Å²) in [5, 5.41) is 0. The van der Waals surface area contributed by atoms with Gasteiger partial charge in [0.1, 0.15) is 11.4 Å². The number of Topliss-reactive ketones (excluding diaryl/α,β-unsaturated/α-hetero) is 1. The molecule has 1 aromatic carbocycles. The van der Waals surface area contributed by atoms with Crippen LogP contribution in [0, 0.1) is 0 Å². The second-order valence-corrected chi connectivity index (χ2v) is 4.28. The Morgan fingerprint density at radius 1 is 1.15 bits per heavy atom. The van der Waals surface area contributed by atoms with E-state index in [2.05, 4.69) is 4.74 Å². The van der Waals surface area contributed by atoms with Crippen molar-refractivity contribution < 1.29 is 27.4 Å². The summed E-state index contributed by atoms with van der Waals surface area (Å²) < 4.78 is 46.2. The van der Waals surface area contributed by atoms with Gasteiger partial charge in [-0.05, 0) is 25.0 Å². The summed E-state index contributed by atoms with van der Waals surface area (Å²) in [6.07, 6.45) is -4.12. The van der Waals surface area contributed by atoms with Gasteiger partial charge in [0, 0.05) is 7.11 Å². The first-order valence-corrected chi connectivity index (χ1v) is 6.24. The molecule has 0 bridgehead atoms. The van der Waals surface area contributed by atoms with E-state index in [9.17, 15) is 18.0 Å². The molecule has 0 unspecified atom stereocenters. The van der Waals surface area contributed by atoms with Crippen LogP contribution in [0.3, 0.4) is 0 Å². The number of carbonyl (C=O) groups excluding carboxylic acids is 1. The van der Waals surface area contributed by atoms with Gasteiger partial charge in [0.15, 0.2) is 5.78 Å². The SMILES string of the molecule is CCC(CC)(OC)C(=O)c1ccccc1OC(F)(F)F. The number of carbonyl (C=O) groups is 1. The average Bonchev–Trinajstić information content (AvgIpc) is 2.40.